The summed E-state index contributed by atoms with van der Waals surface area (Å²) < 4.78 is 0. The molecule has 5 rings (SSSR count). The lowest BCUT2D eigenvalue weighted by Gasteiger charge is -2.21. The van der Waals surface area contributed by atoms with E-state index in [0.29, 0.717) is 23.4 Å². The number of anilines is 2. The molecule has 0 spiro atoms. The predicted octanol–water partition coefficient (Wildman–Crippen LogP) is 5.92. The molecule has 3 aromatic carbocycles. The zero-order chi connectivity index (χ0) is 22.6. The fourth-order valence-corrected chi connectivity index (χ4v) is 4.35. The van der Waals surface area contributed by atoms with Crippen molar-refractivity contribution in [1.82, 2.24) is 4.98 Å². The second kappa shape index (κ2) is 9.17. The standard InChI is InChI=1S/C28H25N3O2/c32-27(24-11-5-4-10-23(24)20-8-2-1-3-9-20)30-22-15-13-21(14-16-22)28(33)31-19-7-6-12-25-26(31)17-18-29-25/h1-5,8-11,13-18,29H,6-7,12,19H2,(H,30,32). The first-order chi connectivity index (χ1) is 16.2. The van der Waals surface area contributed by atoms with Crippen molar-refractivity contribution in [1.29, 1.82) is 0 Å². The van der Waals surface area contributed by atoms with Crippen molar-refractivity contribution >= 4 is 23.2 Å². The lowest BCUT2D eigenvalue weighted by atomic mass is 9.99. The number of nitrogens with zero attached hydrogens (tertiary/aromatic N) is 1. The van der Waals surface area contributed by atoms with E-state index in [4.69, 9.17) is 0 Å². The summed E-state index contributed by atoms with van der Waals surface area (Å²) in [6.45, 7) is 0.707. The molecule has 1 aromatic heterocycles. The summed E-state index contributed by atoms with van der Waals surface area (Å²) in [5.74, 6) is -0.205. The van der Waals surface area contributed by atoms with Crippen LogP contribution < -0.4 is 10.2 Å². The van der Waals surface area contributed by atoms with Crippen LogP contribution in [0.1, 0.15) is 39.3 Å². The van der Waals surface area contributed by atoms with E-state index < -0.39 is 0 Å². The van der Waals surface area contributed by atoms with E-state index >= 15 is 0 Å². The highest BCUT2D eigenvalue weighted by molar-refractivity contribution is 6.09. The molecule has 2 amide bonds. The number of aromatic amines is 1. The topological polar surface area (TPSA) is 65.2 Å². The Bertz CT molecular complexity index is 1280. The first-order valence-electron chi connectivity index (χ1n) is 11.2. The van der Waals surface area contributed by atoms with Gasteiger partial charge in [0.15, 0.2) is 0 Å². The van der Waals surface area contributed by atoms with Gasteiger partial charge in [-0.05, 0) is 66.8 Å². The zero-order valence-electron chi connectivity index (χ0n) is 18.3. The number of amides is 2. The minimum absolute atomic E-state index is 0.0231. The van der Waals surface area contributed by atoms with Gasteiger partial charge in [-0.2, -0.15) is 0 Å². The van der Waals surface area contributed by atoms with Gasteiger partial charge in [0.25, 0.3) is 11.8 Å². The molecule has 0 unspecified atom stereocenters. The van der Waals surface area contributed by atoms with Crippen molar-refractivity contribution in [3.8, 4) is 11.1 Å². The number of hydrogen-bond donors (Lipinski definition) is 2. The van der Waals surface area contributed by atoms with E-state index in [1.54, 1.807) is 24.3 Å². The molecule has 5 heteroatoms. The smallest absolute Gasteiger partial charge is 0.258 e. The Kier molecular flexibility index (Phi) is 5.77. The van der Waals surface area contributed by atoms with Crippen LogP contribution in [0.4, 0.5) is 11.4 Å². The van der Waals surface area contributed by atoms with Crippen LogP contribution in [-0.2, 0) is 6.42 Å². The summed E-state index contributed by atoms with van der Waals surface area (Å²) in [5, 5.41) is 2.97. The molecular formula is C28H25N3O2. The molecule has 0 bridgehead atoms. The highest BCUT2D eigenvalue weighted by Gasteiger charge is 2.23. The van der Waals surface area contributed by atoms with Gasteiger partial charge in [-0.3, -0.25) is 9.59 Å². The van der Waals surface area contributed by atoms with Gasteiger partial charge in [0.2, 0.25) is 0 Å². The number of nitrogens with one attached hydrogen (secondary N) is 2. The van der Waals surface area contributed by atoms with Crippen LogP contribution >= 0.6 is 0 Å². The maximum absolute atomic E-state index is 13.2. The molecule has 164 valence electrons. The van der Waals surface area contributed by atoms with Crippen LogP contribution in [0.5, 0.6) is 0 Å². The Hall–Kier alpha value is -4.12. The second-order valence-corrected chi connectivity index (χ2v) is 8.20. The maximum atomic E-state index is 13.2. The molecule has 33 heavy (non-hydrogen) atoms. The van der Waals surface area contributed by atoms with Crippen molar-refractivity contribution in [3.05, 3.63) is 108 Å². The Morgan fingerprint density at radius 2 is 1.58 bits per heavy atom. The second-order valence-electron chi connectivity index (χ2n) is 8.20. The first kappa shape index (κ1) is 20.8. The van der Waals surface area contributed by atoms with Gasteiger partial charge in [-0.25, -0.2) is 0 Å². The molecule has 5 nitrogen and oxygen atoms in total. The fourth-order valence-electron chi connectivity index (χ4n) is 4.35. The summed E-state index contributed by atoms with van der Waals surface area (Å²) in [4.78, 5) is 31.3. The van der Waals surface area contributed by atoms with Gasteiger partial charge in [-0.15, -0.1) is 0 Å². The Balaban J connectivity index is 1.33. The Morgan fingerprint density at radius 1 is 0.818 bits per heavy atom. The van der Waals surface area contributed by atoms with Crippen molar-refractivity contribution in [2.24, 2.45) is 0 Å². The third kappa shape index (κ3) is 4.30. The number of aromatic nitrogens is 1. The summed E-state index contributed by atoms with van der Waals surface area (Å²) in [5.41, 5.74) is 5.81. The molecule has 0 radical (unpaired) electrons. The van der Waals surface area contributed by atoms with E-state index in [1.165, 1.54) is 0 Å². The summed E-state index contributed by atoms with van der Waals surface area (Å²) >= 11 is 0. The normalized spacial score (nSPS) is 13.2. The van der Waals surface area contributed by atoms with Crippen LogP contribution in [0, 0.1) is 0 Å². The highest BCUT2D eigenvalue weighted by Crippen LogP contribution is 2.28. The molecule has 0 fully saturated rings. The van der Waals surface area contributed by atoms with Crippen molar-refractivity contribution < 1.29 is 9.59 Å². The number of carbonyl (C=O) groups is 2. The zero-order valence-corrected chi connectivity index (χ0v) is 18.3. The lowest BCUT2D eigenvalue weighted by molar-refractivity contribution is 0.0985. The molecular weight excluding hydrogens is 410 g/mol. The van der Waals surface area contributed by atoms with Crippen molar-refractivity contribution in [3.63, 3.8) is 0 Å². The van der Waals surface area contributed by atoms with E-state index in [9.17, 15) is 9.59 Å². The molecule has 0 aliphatic carbocycles. The third-order valence-corrected chi connectivity index (χ3v) is 6.05. The van der Waals surface area contributed by atoms with Crippen LogP contribution in [0.2, 0.25) is 0 Å². The minimum atomic E-state index is -0.182. The van der Waals surface area contributed by atoms with Gasteiger partial charge in [0.1, 0.15) is 0 Å². The van der Waals surface area contributed by atoms with Gasteiger partial charge >= 0.3 is 0 Å². The number of H-pyrrole nitrogens is 1. The quantitative estimate of drug-likeness (QED) is 0.418. The number of benzene rings is 3. The Labute approximate surface area is 193 Å². The molecule has 1 aliphatic heterocycles. The molecule has 2 N–H and O–H groups in total. The average molecular weight is 436 g/mol. The van der Waals surface area contributed by atoms with Crippen LogP contribution in [0.25, 0.3) is 11.1 Å². The van der Waals surface area contributed by atoms with Gasteiger partial charge in [0.05, 0.1) is 5.69 Å². The minimum Gasteiger partial charge on any atom is -0.363 e. The molecule has 1 aliphatic rings. The maximum Gasteiger partial charge on any atom is 0.258 e. The molecule has 0 saturated heterocycles. The summed E-state index contributed by atoms with van der Waals surface area (Å²) in [7, 11) is 0. The lowest BCUT2D eigenvalue weighted by Crippen LogP contribution is -2.31. The van der Waals surface area contributed by atoms with Crippen LogP contribution in [0.15, 0.2) is 91.1 Å². The monoisotopic (exact) mass is 435 g/mol. The number of fused-ring (bicyclic) bond motifs is 1. The largest absolute Gasteiger partial charge is 0.363 e. The van der Waals surface area contributed by atoms with E-state index in [-0.39, 0.29) is 11.8 Å². The number of rotatable bonds is 4. The summed E-state index contributed by atoms with van der Waals surface area (Å²) in [6, 6.07) is 26.5. The van der Waals surface area contributed by atoms with E-state index in [0.717, 1.165) is 41.8 Å². The number of aryl methyl sites for hydroxylation is 1. The molecule has 4 aromatic rings. The van der Waals surface area contributed by atoms with Crippen molar-refractivity contribution in [2.45, 2.75) is 19.3 Å². The van der Waals surface area contributed by atoms with Crippen molar-refractivity contribution in [2.75, 3.05) is 16.8 Å². The molecule has 2 heterocycles. The van der Waals surface area contributed by atoms with Gasteiger partial charge in [0, 0.05) is 35.2 Å². The highest BCUT2D eigenvalue weighted by atomic mass is 16.2. The fraction of sp³-hybridized carbons (Fsp3) is 0.143. The molecule has 0 saturated carbocycles. The number of hydrogen-bond acceptors (Lipinski definition) is 2. The molecule has 0 atom stereocenters. The van der Waals surface area contributed by atoms with Crippen LogP contribution in [-0.4, -0.2) is 23.3 Å². The van der Waals surface area contributed by atoms with E-state index in [1.807, 2.05) is 71.8 Å². The van der Waals surface area contributed by atoms with Crippen LogP contribution in [0.3, 0.4) is 0 Å². The third-order valence-electron chi connectivity index (χ3n) is 6.05. The average Bonchev–Trinajstić information content (AvgIpc) is 3.23. The van der Waals surface area contributed by atoms with Gasteiger partial charge in [-0.1, -0.05) is 48.5 Å². The van der Waals surface area contributed by atoms with Gasteiger partial charge < -0.3 is 15.2 Å². The van der Waals surface area contributed by atoms with E-state index in [2.05, 4.69) is 10.3 Å². The Morgan fingerprint density at radius 3 is 2.39 bits per heavy atom. The predicted molar refractivity (Wildman–Crippen MR) is 132 cm³/mol. The first-order valence-corrected chi connectivity index (χ1v) is 11.2. The SMILES string of the molecule is O=C(Nc1ccc(C(=O)N2CCCCc3[nH]ccc32)cc1)c1ccccc1-c1ccccc1. The summed E-state index contributed by atoms with van der Waals surface area (Å²) in [6.07, 6.45) is 4.89. The number of carbonyl (C=O) groups excluding carboxylic acids is 2.